The summed E-state index contributed by atoms with van der Waals surface area (Å²) in [6.45, 7) is 2.75. The van der Waals surface area contributed by atoms with E-state index < -0.39 is 0 Å². The van der Waals surface area contributed by atoms with Gasteiger partial charge in [-0.1, -0.05) is 31.2 Å². The van der Waals surface area contributed by atoms with E-state index in [9.17, 15) is 0 Å². The van der Waals surface area contributed by atoms with Crippen LogP contribution >= 0.6 is 0 Å². The zero-order chi connectivity index (χ0) is 16.8. The molecule has 1 unspecified atom stereocenters. The van der Waals surface area contributed by atoms with E-state index in [1.807, 2.05) is 48.5 Å². The maximum atomic E-state index is 6.09. The van der Waals surface area contributed by atoms with Crippen LogP contribution in [0.15, 0.2) is 54.9 Å². The van der Waals surface area contributed by atoms with Gasteiger partial charge in [0.25, 0.3) is 0 Å². The second kappa shape index (κ2) is 7.64. The lowest BCUT2D eigenvalue weighted by molar-refractivity contribution is 0.201. The number of aromatic nitrogens is 2. The standard InChI is InChI=1S/C19H21N3O2/c1-3-14(24-18-11-7-6-10-17(18)23-2)12-20-19-15-8-4-5-9-16(15)21-13-22-19/h4-11,13-14H,3,12H2,1-2H3,(H,20,21,22). The van der Waals surface area contributed by atoms with Gasteiger partial charge in [0.15, 0.2) is 11.5 Å². The van der Waals surface area contributed by atoms with Crippen LogP contribution in [0.1, 0.15) is 13.3 Å². The molecule has 0 saturated carbocycles. The van der Waals surface area contributed by atoms with Gasteiger partial charge < -0.3 is 14.8 Å². The molecule has 1 heterocycles. The lowest BCUT2D eigenvalue weighted by atomic mass is 10.2. The van der Waals surface area contributed by atoms with E-state index in [-0.39, 0.29) is 6.10 Å². The first-order chi connectivity index (χ1) is 11.8. The van der Waals surface area contributed by atoms with Crippen LogP contribution in [0, 0.1) is 0 Å². The van der Waals surface area contributed by atoms with Gasteiger partial charge in [0.1, 0.15) is 18.2 Å². The summed E-state index contributed by atoms with van der Waals surface area (Å²) in [6.07, 6.45) is 2.45. The summed E-state index contributed by atoms with van der Waals surface area (Å²) in [5.41, 5.74) is 0.925. The van der Waals surface area contributed by atoms with E-state index in [0.29, 0.717) is 6.54 Å². The largest absolute Gasteiger partial charge is 0.493 e. The second-order valence-corrected chi connectivity index (χ2v) is 5.42. The number of nitrogens with one attached hydrogen (secondary N) is 1. The number of hydrogen-bond acceptors (Lipinski definition) is 5. The summed E-state index contributed by atoms with van der Waals surface area (Å²) < 4.78 is 11.4. The minimum Gasteiger partial charge on any atom is -0.493 e. The van der Waals surface area contributed by atoms with Crippen molar-refractivity contribution in [3.8, 4) is 11.5 Å². The number of para-hydroxylation sites is 3. The Labute approximate surface area is 141 Å². The van der Waals surface area contributed by atoms with Gasteiger partial charge in [-0.25, -0.2) is 9.97 Å². The van der Waals surface area contributed by atoms with E-state index in [0.717, 1.165) is 34.6 Å². The average molecular weight is 323 g/mol. The lowest BCUT2D eigenvalue weighted by Gasteiger charge is -2.20. The smallest absolute Gasteiger partial charge is 0.161 e. The summed E-state index contributed by atoms with van der Waals surface area (Å²) in [6, 6.07) is 15.6. The molecule has 0 amide bonds. The van der Waals surface area contributed by atoms with Crippen LogP contribution < -0.4 is 14.8 Å². The van der Waals surface area contributed by atoms with Crippen molar-refractivity contribution in [1.82, 2.24) is 9.97 Å². The minimum absolute atomic E-state index is 0.00928. The van der Waals surface area contributed by atoms with Crippen molar-refractivity contribution in [2.24, 2.45) is 0 Å². The van der Waals surface area contributed by atoms with Crippen LogP contribution in [-0.4, -0.2) is 29.7 Å². The van der Waals surface area contributed by atoms with Gasteiger partial charge in [0.05, 0.1) is 19.2 Å². The predicted octanol–water partition coefficient (Wildman–Crippen LogP) is 3.91. The molecule has 0 aliphatic heterocycles. The molecule has 1 atom stereocenters. The molecule has 0 bridgehead atoms. The average Bonchev–Trinajstić information content (AvgIpc) is 2.65. The molecule has 0 aliphatic rings. The summed E-state index contributed by atoms with van der Waals surface area (Å²) in [7, 11) is 1.65. The topological polar surface area (TPSA) is 56.3 Å². The van der Waals surface area contributed by atoms with Crippen LogP contribution in [0.3, 0.4) is 0 Å². The first-order valence-electron chi connectivity index (χ1n) is 8.05. The molecule has 0 spiro atoms. The highest BCUT2D eigenvalue weighted by Crippen LogP contribution is 2.27. The molecule has 3 aromatic rings. The third kappa shape index (κ3) is 3.56. The number of ether oxygens (including phenoxy) is 2. The summed E-state index contributed by atoms with van der Waals surface area (Å²) in [4.78, 5) is 8.63. The first kappa shape index (κ1) is 16.1. The van der Waals surface area contributed by atoms with Crippen LogP contribution in [-0.2, 0) is 0 Å². The Morgan fingerprint density at radius 1 is 1.00 bits per heavy atom. The van der Waals surface area contributed by atoms with E-state index >= 15 is 0 Å². The number of methoxy groups -OCH3 is 1. The van der Waals surface area contributed by atoms with Gasteiger partial charge in [0.2, 0.25) is 0 Å². The zero-order valence-electron chi connectivity index (χ0n) is 13.9. The second-order valence-electron chi connectivity index (χ2n) is 5.42. The van der Waals surface area contributed by atoms with Crippen LogP contribution in [0.2, 0.25) is 0 Å². The highest BCUT2D eigenvalue weighted by atomic mass is 16.5. The molecule has 0 fully saturated rings. The monoisotopic (exact) mass is 323 g/mol. The van der Waals surface area contributed by atoms with Gasteiger partial charge in [0, 0.05) is 5.39 Å². The van der Waals surface area contributed by atoms with Crippen molar-refractivity contribution >= 4 is 16.7 Å². The molecular formula is C19H21N3O2. The van der Waals surface area contributed by atoms with E-state index in [2.05, 4.69) is 22.2 Å². The fraction of sp³-hybridized carbons (Fsp3) is 0.263. The maximum Gasteiger partial charge on any atom is 0.161 e. The summed E-state index contributed by atoms with van der Waals surface area (Å²) >= 11 is 0. The molecule has 5 heteroatoms. The normalized spacial score (nSPS) is 11.9. The molecule has 1 aromatic heterocycles. The Balaban J connectivity index is 1.71. The number of fused-ring (bicyclic) bond motifs is 1. The van der Waals surface area contributed by atoms with Gasteiger partial charge in [-0.05, 0) is 30.7 Å². The maximum absolute atomic E-state index is 6.09. The molecule has 0 radical (unpaired) electrons. The van der Waals surface area contributed by atoms with Crippen molar-refractivity contribution in [3.63, 3.8) is 0 Å². The Morgan fingerprint density at radius 2 is 1.75 bits per heavy atom. The van der Waals surface area contributed by atoms with Gasteiger partial charge in [-0.15, -0.1) is 0 Å². The molecule has 3 rings (SSSR count). The molecule has 124 valence electrons. The summed E-state index contributed by atoms with van der Waals surface area (Å²) in [5.74, 6) is 2.31. The van der Waals surface area contributed by atoms with E-state index in [4.69, 9.17) is 9.47 Å². The molecule has 5 nitrogen and oxygen atoms in total. The van der Waals surface area contributed by atoms with Crippen LogP contribution in [0.4, 0.5) is 5.82 Å². The SMILES string of the molecule is CCC(CNc1ncnc2ccccc12)Oc1ccccc1OC. The highest BCUT2D eigenvalue weighted by Gasteiger charge is 2.12. The van der Waals surface area contributed by atoms with Crippen LogP contribution in [0.25, 0.3) is 10.9 Å². The zero-order valence-corrected chi connectivity index (χ0v) is 13.9. The van der Waals surface area contributed by atoms with E-state index in [1.165, 1.54) is 0 Å². The Kier molecular flexibility index (Phi) is 5.11. The van der Waals surface area contributed by atoms with E-state index in [1.54, 1.807) is 13.4 Å². The quantitative estimate of drug-likeness (QED) is 0.714. The van der Waals surface area contributed by atoms with Crippen molar-refractivity contribution in [3.05, 3.63) is 54.9 Å². The lowest BCUT2D eigenvalue weighted by Crippen LogP contribution is -2.26. The predicted molar refractivity (Wildman–Crippen MR) is 95.7 cm³/mol. The van der Waals surface area contributed by atoms with Crippen LogP contribution in [0.5, 0.6) is 11.5 Å². The molecule has 2 aromatic carbocycles. The Morgan fingerprint density at radius 3 is 2.54 bits per heavy atom. The van der Waals surface area contributed by atoms with Gasteiger partial charge in [-0.2, -0.15) is 0 Å². The molecular weight excluding hydrogens is 302 g/mol. The van der Waals surface area contributed by atoms with Crippen molar-refractivity contribution < 1.29 is 9.47 Å². The fourth-order valence-corrected chi connectivity index (χ4v) is 2.52. The Hall–Kier alpha value is -2.82. The van der Waals surface area contributed by atoms with Gasteiger partial charge in [-0.3, -0.25) is 0 Å². The van der Waals surface area contributed by atoms with Crippen molar-refractivity contribution in [2.75, 3.05) is 19.0 Å². The van der Waals surface area contributed by atoms with Crippen molar-refractivity contribution in [2.45, 2.75) is 19.4 Å². The molecule has 24 heavy (non-hydrogen) atoms. The number of anilines is 1. The number of nitrogens with zero attached hydrogens (tertiary/aromatic N) is 2. The van der Waals surface area contributed by atoms with Gasteiger partial charge >= 0.3 is 0 Å². The third-order valence-corrected chi connectivity index (χ3v) is 3.86. The minimum atomic E-state index is 0.00928. The molecule has 0 aliphatic carbocycles. The molecule has 1 N–H and O–H groups in total. The van der Waals surface area contributed by atoms with Crippen molar-refractivity contribution in [1.29, 1.82) is 0 Å². The third-order valence-electron chi connectivity index (χ3n) is 3.86. The fourth-order valence-electron chi connectivity index (χ4n) is 2.52. The number of benzene rings is 2. The Bertz CT molecular complexity index is 802. The molecule has 0 saturated heterocycles. The first-order valence-corrected chi connectivity index (χ1v) is 8.05. The summed E-state index contributed by atoms with van der Waals surface area (Å²) in [5, 5.41) is 4.39. The highest BCUT2D eigenvalue weighted by molar-refractivity contribution is 5.88. The number of rotatable bonds is 7. The number of hydrogen-bond donors (Lipinski definition) is 1.